The predicted octanol–water partition coefficient (Wildman–Crippen LogP) is 7.41. The highest BCUT2D eigenvalue weighted by molar-refractivity contribution is 7.13. The molecule has 3 aromatic rings. The van der Waals surface area contributed by atoms with E-state index in [1.54, 1.807) is 11.3 Å². The van der Waals surface area contributed by atoms with E-state index in [0.29, 0.717) is 18.6 Å². The standard InChI is InChI=1S/C29H41N3O2SSi/c1-20-12-22-6-8-29(15-20,16-21(22)2)31-28(33)25-13-23(27-17-30-18-35-27)14-26-24(25)7-9-32(26)19-34-10-11-36(3,4)5/h7,9,13-14,17-18,20-22H,6,8,10-12,15-16,19H2,1-5H3,(H,31,33). The second kappa shape index (κ2) is 10.1. The van der Waals surface area contributed by atoms with Crippen LogP contribution in [0.25, 0.3) is 21.3 Å². The van der Waals surface area contributed by atoms with Crippen molar-refractivity contribution in [1.82, 2.24) is 14.9 Å². The largest absolute Gasteiger partial charge is 0.361 e. The van der Waals surface area contributed by atoms with Crippen LogP contribution in [0, 0.1) is 17.8 Å². The number of carbonyl (C=O) groups is 1. The quantitative estimate of drug-likeness (QED) is 0.247. The number of nitrogens with zero attached hydrogens (tertiary/aromatic N) is 2. The van der Waals surface area contributed by atoms with Crippen LogP contribution in [0.15, 0.2) is 36.1 Å². The van der Waals surface area contributed by atoms with Gasteiger partial charge >= 0.3 is 0 Å². The van der Waals surface area contributed by atoms with E-state index in [4.69, 9.17) is 4.74 Å². The smallest absolute Gasteiger partial charge is 0.252 e. The summed E-state index contributed by atoms with van der Waals surface area (Å²) in [7, 11) is -1.14. The molecule has 194 valence electrons. The first-order valence-corrected chi connectivity index (χ1v) is 18.1. The van der Waals surface area contributed by atoms with Gasteiger partial charge in [-0.25, -0.2) is 0 Å². The number of thiazole rings is 1. The maximum atomic E-state index is 14.0. The molecule has 2 aromatic heterocycles. The van der Waals surface area contributed by atoms with Gasteiger partial charge < -0.3 is 14.6 Å². The molecule has 6 rings (SSSR count). The fraction of sp³-hybridized carbons (Fsp3) is 0.586. The molecule has 1 aromatic carbocycles. The lowest BCUT2D eigenvalue weighted by Crippen LogP contribution is -2.51. The van der Waals surface area contributed by atoms with Crippen molar-refractivity contribution < 1.29 is 9.53 Å². The highest BCUT2D eigenvalue weighted by atomic mass is 32.1. The Labute approximate surface area is 220 Å². The molecule has 4 atom stereocenters. The van der Waals surface area contributed by atoms with Gasteiger partial charge in [-0.15, -0.1) is 11.3 Å². The van der Waals surface area contributed by atoms with Crippen LogP contribution in [0.3, 0.4) is 0 Å². The highest BCUT2D eigenvalue weighted by Gasteiger charge is 2.44. The second-order valence-corrected chi connectivity index (χ2v) is 19.2. The van der Waals surface area contributed by atoms with Crippen molar-refractivity contribution in [2.75, 3.05) is 6.61 Å². The number of benzene rings is 1. The Morgan fingerprint density at radius 3 is 2.83 bits per heavy atom. The van der Waals surface area contributed by atoms with Gasteiger partial charge in [0, 0.05) is 43.6 Å². The van der Waals surface area contributed by atoms with E-state index in [0.717, 1.165) is 64.7 Å². The van der Waals surface area contributed by atoms with E-state index in [1.807, 2.05) is 11.7 Å². The first-order valence-electron chi connectivity index (χ1n) is 13.5. The van der Waals surface area contributed by atoms with Gasteiger partial charge in [-0.1, -0.05) is 33.5 Å². The Kier molecular flexibility index (Phi) is 7.18. The molecule has 1 amide bonds. The number of ether oxygens (including phenoxy) is 1. The van der Waals surface area contributed by atoms with Gasteiger partial charge in [0.1, 0.15) is 6.73 Å². The highest BCUT2D eigenvalue weighted by Crippen LogP contribution is 2.47. The molecule has 3 aliphatic carbocycles. The SMILES string of the molecule is CC1CC2CCC(NC(=O)c3cc(-c4cncs4)cc4c3ccn4COCC[Si](C)(C)C)(C1)CC2C. The number of aromatic nitrogens is 2. The topological polar surface area (TPSA) is 56.2 Å². The van der Waals surface area contributed by atoms with Gasteiger partial charge in [0.2, 0.25) is 0 Å². The van der Waals surface area contributed by atoms with Crippen molar-refractivity contribution in [3.63, 3.8) is 0 Å². The van der Waals surface area contributed by atoms with Crippen LogP contribution < -0.4 is 5.32 Å². The molecular formula is C29H41N3O2SSi. The van der Waals surface area contributed by atoms with Crippen molar-refractivity contribution in [3.8, 4) is 10.4 Å². The van der Waals surface area contributed by atoms with Crippen molar-refractivity contribution in [2.45, 2.75) is 83.9 Å². The van der Waals surface area contributed by atoms with Crippen LogP contribution in [0.2, 0.25) is 25.7 Å². The molecule has 36 heavy (non-hydrogen) atoms. The number of hydrogen-bond donors (Lipinski definition) is 1. The van der Waals surface area contributed by atoms with Gasteiger partial charge in [-0.05, 0) is 79.7 Å². The molecule has 0 aliphatic heterocycles. The van der Waals surface area contributed by atoms with E-state index < -0.39 is 8.07 Å². The average molecular weight is 524 g/mol. The Morgan fingerprint density at radius 1 is 1.28 bits per heavy atom. The van der Waals surface area contributed by atoms with Gasteiger partial charge in [-0.2, -0.15) is 0 Å². The van der Waals surface area contributed by atoms with E-state index in [-0.39, 0.29) is 11.4 Å². The molecule has 0 saturated heterocycles. The molecule has 1 N–H and O–H groups in total. The van der Waals surface area contributed by atoms with E-state index in [1.165, 1.54) is 12.8 Å². The summed E-state index contributed by atoms with van der Waals surface area (Å²) in [6.45, 7) is 13.1. The lowest BCUT2D eigenvalue weighted by Gasteiger charge is -2.41. The van der Waals surface area contributed by atoms with E-state index in [9.17, 15) is 4.79 Å². The molecule has 2 heterocycles. The van der Waals surface area contributed by atoms with Crippen LogP contribution in [-0.4, -0.2) is 35.7 Å². The Hall–Kier alpha value is -1.96. The van der Waals surface area contributed by atoms with Crippen LogP contribution in [0.1, 0.15) is 56.3 Å². The lowest BCUT2D eigenvalue weighted by molar-refractivity contribution is 0.0821. The van der Waals surface area contributed by atoms with Gasteiger partial charge in [0.15, 0.2) is 0 Å². The lowest BCUT2D eigenvalue weighted by atomic mass is 9.72. The van der Waals surface area contributed by atoms with Gasteiger partial charge in [0.25, 0.3) is 5.91 Å². The Morgan fingerprint density at radius 2 is 2.11 bits per heavy atom. The van der Waals surface area contributed by atoms with Gasteiger partial charge in [0.05, 0.1) is 15.9 Å². The van der Waals surface area contributed by atoms with Crippen molar-refractivity contribution in [3.05, 3.63) is 41.7 Å². The summed E-state index contributed by atoms with van der Waals surface area (Å²) in [6.07, 6.45) is 9.76. The average Bonchev–Trinajstić information content (AvgIpc) is 3.42. The van der Waals surface area contributed by atoms with E-state index >= 15 is 0 Å². The van der Waals surface area contributed by atoms with Crippen LogP contribution in [-0.2, 0) is 11.5 Å². The van der Waals surface area contributed by atoms with Crippen LogP contribution in [0.5, 0.6) is 0 Å². The minimum absolute atomic E-state index is 0.0588. The molecule has 4 unspecified atom stereocenters. The normalized spacial score (nSPS) is 26.3. The summed E-state index contributed by atoms with van der Waals surface area (Å²) in [5.74, 6) is 2.19. The minimum Gasteiger partial charge on any atom is -0.361 e. The maximum absolute atomic E-state index is 14.0. The minimum atomic E-state index is -1.14. The number of fused-ring (bicyclic) bond motifs is 5. The molecule has 7 heteroatoms. The molecular weight excluding hydrogens is 482 g/mol. The Balaban J connectivity index is 1.45. The molecule has 0 radical (unpaired) electrons. The summed E-state index contributed by atoms with van der Waals surface area (Å²) >= 11 is 1.61. The number of rotatable bonds is 8. The third kappa shape index (κ3) is 5.48. The third-order valence-electron chi connectivity index (χ3n) is 8.41. The zero-order chi connectivity index (χ0) is 25.5. The summed E-state index contributed by atoms with van der Waals surface area (Å²) in [4.78, 5) is 19.3. The first-order chi connectivity index (χ1) is 17.1. The number of carbonyl (C=O) groups excluding carboxylic acids is 1. The molecule has 2 bridgehead atoms. The zero-order valence-electron chi connectivity index (χ0n) is 22.5. The maximum Gasteiger partial charge on any atom is 0.252 e. The molecule has 0 spiro atoms. The number of amides is 1. The van der Waals surface area contributed by atoms with Crippen LogP contribution >= 0.6 is 11.3 Å². The Bertz CT molecular complexity index is 1210. The van der Waals surface area contributed by atoms with Gasteiger partial charge in [-0.3, -0.25) is 9.78 Å². The molecule has 5 nitrogen and oxygen atoms in total. The summed E-state index contributed by atoms with van der Waals surface area (Å²) in [5.41, 5.74) is 4.61. The first kappa shape index (κ1) is 25.7. The zero-order valence-corrected chi connectivity index (χ0v) is 24.3. The number of nitrogens with one attached hydrogen (secondary N) is 1. The molecule has 3 aliphatic rings. The van der Waals surface area contributed by atoms with Crippen LogP contribution in [0.4, 0.5) is 0 Å². The second-order valence-electron chi connectivity index (χ2n) is 12.7. The van der Waals surface area contributed by atoms with Crippen molar-refractivity contribution >= 4 is 36.2 Å². The fourth-order valence-corrected chi connectivity index (χ4v) is 7.91. The summed E-state index contributed by atoms with van der Waals surface area (Å²) in [6, 6.07) is 7.47. The summed E-state index contributed by atoms with van der Waals surface area (Å²) in [5, 5.41) is 4.59. The van der Waals surface area contributed by atoms with E-state index in [2.05, 4.69) is 72.8 Å². The molecule has 3 saturated carbocycles. The summed E-state index contributed by atoms with van der Waals surface area (Å²) < 4.78 is 8.22. The monoisotopic (exact) mass is 523 g/mol. The predicted molar refractivity (Wildman–Crippen MR) is 152 cm³/mol. The number of hydrogen-bond acceptors (Lipinski definition) is 4. The van der Waals surface area contributed by atoms with Crippen molar-refractivity contribution in [1.29, 1.82) is 0 Å². The molecule has 3 fully saturated rings. The van der Waals surface area contributed by atoms with Crippen molar-refractivity contribution in [2.24, 2.45) is 17.8 Å². The fourth-order valence-electron chi connectivity index (χ4n) is 6.54. The third-order valence-corrected chi connectivity index (χ3v) is 10.9.